The summed E-state index contributed by atoms with van der Waals surface area (Å²) in [7, 11) is 0. The molecule has 0 saturated heterocycles. The fourth-order valence-corrected chi connectivity index (χ4v) is 5.92. The van der Waals surface area contributed by atoms with Crippen molar-refractivity contribution in [2.24, 2.45) is 17.3 Å². The minimum absolute atomic E-state index is 0.0318. The van der Waals surface area contributed by atoms with E-state index in [2.05, 4.69) is 15.6 Å². The lowest BCUT2D eigenvalue weighted by Gasteiger charge is -2.61. The first kappa shape index (κ1) is 15.6. The van der Waals surface area contributed by atoms with E-state index in [0.717, 1.165) is 37.7 Å². The molecule has 0 spiro atoms. The standard InChI is InChI=1S/C19H25N3O2/c1-13(23)22-19-9-15-6-16(10-19)8-18(7-15,12-19)17(24)21-11-14-2-4-20-5-3-14/h2-5,15-16H,6-12H2,1H3,(H,21,24)(H,22,23)/t15-,16+,18?,19?. The Balaban J connectivity index is 1.51. The Hall–Kier alpha value is -1.91. The first-order chi connectivity index (χ1) is 11.5. The summed E-state index contributed by atoms with van der Waals surface area (Å²) in [5.41, 5.74) is 0.628. The molecule has 5 nitrogen and oxygen atoms in total. The highest BCUT2D eigenvalue weighted by Gasteiger charge is 2.60. The Morgan fingerprint density at radius 1 is 1.17 bits per heavy atom. The maximum atomic E-state index is 13.1. The lowest BCUT2D eigenvalue weighted by Crippen LogP contribution is -2.65. The van der Waals surface area contributed by atoms with E-state index in [4.69, 9.17) is 0 Å². The van der Waals surface area contributed by atoms with E-state index in [0.29, 0.717) is 18.4 Å². The van der Waals surface area contributed by atoms with Crippen LogP contribution in [-0.2, 0) is 16.1 Å². The number of hydrogen-bond donors (Lipinski definition) is 2. The van der Waals surface area contributed by atoms with E-state index >= 15 is 0 Å². The summed E-state index contributed by atoms with van der Waals surface area (Å²) in [6, 6.07) is 3.86. The van der Waals surface area contributed by atoms with Crippen LogP contribution in [0.15, 0.2) is 24.5 Å². The van der Waals surface area contributed by atoms with Crippen LogP contribution in [0.4, 0.5) is 0 Å². The van der Waals surface area contributed by atoms with E-state index in [1.807, 2.05) is 12.1 Å². The molecule has 1 aromatic heterocycles. The third-order valence-electron chi connectivity index (χ3n) is 6.19. The van der Waals surface area contributed by atoms with E-state index in [9.17, 15) is 9.59 Å². The molecule has 0 radical (unpaired) electrons. The fourth-order valence-electron chi connectivity index (χ4n) is 5.92. The second-order valence-electron chi connectivity index (χ2n) is 8.24. The van der Waals surface area contributed by atoms with Gasteiger partial charge in [0.1, 0.15) is 0 Å². The molecule has 4 fully saturated rings. The lowest BCUT2D eigenvalue weighted by atomic mass is 9.46. The highest BCUT2D eigenvalue weighted by Crippen LogP contribution is 2.61. The zero-order chi connectivity index (χ0) is 16.8. The Labute approximate surface area is 142 Å². The maximum absolute atomic E-state index is 13.1. The van der Waals surface area contributed by atoms with Crippen molar-refractivity contribution < 1.29 is 9.59 Å². The van der Waals surface area contributed by atoms with Gasteiger partial charge in [-0.2, -0.15) is 0 Å². The van der Waals surface area contributed by atoms with Gasteiger partial charge in [0.25, 0.3) is 0 Å². The van der Waals surface area contributed by atoms with Crippen LogP contribution in [0.1, 0.15) is 51.0 Å². The third kappa shape index (κ3) is 2.70. The number of nitrogens with one attached hydrogen (secondary N) is 2. The smallest absolute Gasteiger partial charge is 0.226 e. The predicted octanol–water partition coefficient (Wildman–Crippen LogP) is 2.17. The van der Waals surface area contributed by atoms with Crippen molar-refractivity contribution in [2.75, 3.05) is 0 Å². The van der Waals surface area contributed by atoms with Crippen LogP contribution in [0.2, 0.25) is 0 Å². The van der Waals surface area contributed by atoms with Gasteiger partial charge < -0.3 is 10.6 Å². The molecule has 4 aliphatic rings. The second kappa shape index (κ2) is 5.57. The van der Waals surface area contributed by atoms with Crippen LogP contribution in [0.25, 0.3) is 0 Å². The maximum Gasteiger partial charge on any atom is 0.226 e. The van der Waals surface area contributed by atoms with Gasteiger partial charge in [0.05, 0.1) is 5.41 Å². The average molecular weight is 327 g/mol. The first-order valence-corrected chi connectivity index (χ1v) is 8.95. The van der Waals surface area contributed by atoms with Crippen LogP contribution in [0, 0.1) is 17.3 Å². The van der Waals surface area contributed by atoms with Gasteiger partial charge in [0.15, 0.2) is 0 Å². The van der Waals surface area contributed by atoms with Crippen molar-refractivity contribution in [1.29, 1.82) is 0 Å². The minimum atomic E-state index is -0.292. The van der Waals surface area contributed by atoms with Gasteiger partial charge in [-0.3, -0.25) is 14.6 Å². The number of carbonyl (C=O) groups is 2. The first-order valence-electron chi connectivity index (χ1n) is 8.95. The van der Waals surface area contributed by atoms with E-state index in [1.165, 1.54) is 6.42 Å². The second-order valence-corrected chi connectivity index (χ2v) is 8.24. The Kier molecular flexibility index (Phi) is 3.62. The molecule has 2 unspecified atom stereocenters. The van der Waals surface area contributed by atoms with Gasteiger partial charge in [-0.15, -0.1) is 0 Å². The zero-order valence-corrected chi connectivity index (χ0v) is 14.2. The van der Waals surface area contributed by atoms with Gasteiger partial charge in [0.2, 0.25) is 11.8 Å². The molecule has 0 aliphatic heterocycles. The largest absolute Gasteiger partial charge is 0.352 e. The van der Waals surface area contributed by atoms with Crippen LogP contribution >= 0.6 is 0 Å². The number of rotatable bonds is 4. The summed E-state index contributed by atoms with van der Waals surface area (Å²) < 4.78 is 0. The minimum Gasteiger partial charge on any atom is -0.352 e. The van der Waals surface area contributed by atoms with E-state index in [1.54, 1.807) is 19.3 Å². The van der Waals surface area contributed by atoms with Gasteiger partial charge >= 0.3 is 0 Å². The van der Waals surface area contributed by atoms with Crippen molar-refractivity contribution in [3.05, 3.63) is 30.1 Å². The molecule has 4 saturated carbocycles. The molecule has 24 heavy (non-hydrogen) atoms. The topological polar surface area (TPSA) is 71.1 Å². The van der Waals surface area contributed by atoms with Crippen molar-refractivity contribution in [3.63, 3.8) is 0 Å². The molecular formula is C19H25N3O2. The molecule has 4 bridgehead atoms. The molecule has 128 valence electrons. The summed E-state index contributed by atoms with van der Waals surface area (Å²) in [5.74, 6) is 1.35. The van der Waals surface area contributed by atoms with Crippen molar-refractivity contribution in [2.45, 2.75) is 57.5 Å². The third-order valence-corrected chi connectivity index (χ3v) is 6.19. The number of pyridine rings is 1. The SMILES string of the molecule is CC(=O)NC12C[C@H]3C[C@@H](C1)CC(C(=O)NCc1ccncc1)(C3)C2. The highest BCUT2D eigenvalue weighted by molar-refractivity contribution is 5.84. The molecule has 2 amide bonds. The van der Waals surface area contributed by atoms with Gasteiger partial charge in [-0.1, -0.05) is 0 Å². The Morgan fingerprint density at radius 3 is 2.46 bits per heavy atom. The molecule has 0 aromatic carbocycles. The molecule has 1 heterocycles. The summed E-state index contributed by atoms with van der Waals surface area (Å²) in [6.07, 6.45) is 9.57. The summed E-state index contributed by atoms with van der Waals surface area (Å²) >= 11 is 0. The van der Waals surface area contributed by atoms with Crippen LogP contribution in [0.5, 0.6) is 0 Å². The summed E-state index contributed by atoms with van der Waals surface area (Å²) in [6.45, 7) is 2.14. The molecule has 1 aromatic rings. The van der Waals surface area contributed by atoms with Crippen LogP contribution in [0.3, 0.4) is 0 Å². The monoisotopic (exact) mass is 327 g/mol. The molecular weight excluding hydrogens is 302 g/mol. The molecule has 2 N–H and O–H groups in total. The highest BCUT2D eigenvalue weighted by atomic mass is 16.2. The van der Waals surface area contributed by atoms with Gasteiger partial charge in [0, 0.05) is 31.4 Å². The number of carbonyl (C=O) groups excluding carboxylic acids is 2. The fraction of sp³-hybridized carbons (Fsp3) is 0.632. The predicted molar refractivity (Wildman–Crippen MR) is 89.7 cm³/mol. The average Bonchev–Trinajstić information content (AvgIpc) is 2.51. The molecule has 5 heteroatoms. The Morgan fingerprint density at radius 2 is 1.83 bits per heavy atom. The van der Waals surface area contributed by atoms with Crippen molar-refractivity contribution >= 4 is 11.8 Å². The quantitative estimate of drug-likeness (QED) is 0.890. The normalized spacial score (nSPS) is 36.4. The van der Waals surface area contributed by atoms with Gasteiger partial charge in [-0.25, -0.2) is 0 Å². The number of nitrogens with zero attached hydrogens (tertiary/aromatic N) is 1. The van der Waals surface area contributed by atoms with E-state index < -0.39 is 0 Å². The number of hydrogen-bond acceptors (Lipinski definition) is 3. The lowest BCUT2D eigenvalue weighted by molar-refractivity contribution is -0.153. The zero-order valence-electron chi connectivity index (χ0n) is 14.2. The van der Waals surface area contributed by atoms with Crippen molar-refractivity contribution in [1.82, 2.24) is 15.6 Å². The summed E-state index contributed by atoms with van der Waals surface area (Å²) in [4.78, 5) is 28.8. The van der Waals surface area contributed by atoms with Crippen LogP contribution < -0.4 is 10.6 Å². The molecule has 5 rings (SSSR count). The van der Waals surface area contributed by atoms with Crippen LogP contribution in [-0.4, -0.2) is 22.3 Å². The van der Waals surface area contributed by atoms with Gasteiger partial charge in [-0.05, 0) is 68.1 Å². The molecule has 4 aliphatic carbocycles. The summed E-state index contributed by atoms with van der Waals surface area (Å²) in [5, 5.41) is 6.36. The number of aromatic nitrogens is 1. The number of amides is 2. The van der Waals surface area contributed by atoms with Crippen molar-refractivity contribution in [3.8, 4) is 0 Å². The molecule has 4 atom stereocenters. The Bertz CT molecular complexity index is 644. The van der Waals surface area contributed by atoms with E-state index in [-0.39, 0.29) is 22.8 Å².